The maximum atomic E-state index is 11.9. The molecule has 0 fully saturated rings. The van der Waals surface area contributed by atoms with Crippen LogP contribution in [-0.2, 0) is 11.3 Å². The minimum absolute atomic E-state index is 0.136. The van der Waals surface area contributed by atoms with Gasteiger partial charge in [0.05, 0.1) is 6.61 Å². The van der Waals surface area contributed by atoms with Crippen LogP contribution in [0.4, 0.5) is 5.95 Å². The lowest BCUT2D eigenvalue weighted by atomic mass is 10.4. The van der Waals surface area contributed by atoms with Gasteiger partial charge in [0.1, 0.15) is 5.69 Å². The quantitative estimate of drug-likeness (QED) is 0.729. The zero-order valence-electron chi connectivity index (χ0n) is 11.4. The summed E-state index contributed by atoms with van der Waals surface area (Å²) >= 11 is 0. The lowest BCUT2D eigenvalue weighted by Crippen LogP contribution is -2.27. The molecule has 0 aliphatic carbocycles. The third kappa shape index (κ3) is 3.96. The van der Waals surface area contributed by atoms with Gasteiger partial charge in [0.15, 0.2) is 0 Å². The van der Waals surface area contributed by atoms with Gasteiger partial charge in [-0.25, -0.2) is 4.98 Å². The van der Waals surface area contributed by atoms with E-state index < -0.39 is 0 Å². The van der Waals surface area contributed by atoms with Crippen LogP contribution < -0.4 is 10.6 Å². The molecule has 0 atom stereocenters. The molecule has 1 aliphatic rings. The van der Waals surface area contributed by atoms with E-state index in [0.717, 1.165) is 44.9 Å². The van der Waals surface area contributed by atoms with Crippen LogP contribution in [-0.4, -0.2) is 41.8 Å². The first-order valence-corrected chi connectivity index (χ1v) is 6.98. The molecule has 1 aliphatic heterocycles. The number of anilines is 1. The van der Waals surface area contributed by atoms with Gasteiger partial charge in [0.2, 0.25) is 5.95 Å². The van der Waals surface area contributed by atoms with Crippen LogP contribution in [0, 0.1) is 0 Å². The highest BCUT2D eigenvalue weighted by Gasteiger charge is 2.15. The Morgan fingerprint density at radius 2 is 2.47 bits per heavy atom. The number of fused-ring (bicyclic) bond motifs is 1. The lowest BCUT2D eigenvalue weighted by Gasteiger charge is -2.14. The number of aryl methyl sites for hydroxylation is 1. The second-order valence-electron chi connectivity index (χ2n) is 4.65. The van der Waals surface area contributed by atoms with E-state index in [9.17, 15) is 4.79 Å². The first-order valence-electron chi connectivity index (χ1n) is 6.98. The molecule has 19 heavy (non-hydrogen) atoms. The number of aromatic nitrogens is 2. The molecule has 6 nitrogen and oxygen atoms in total. The molecular weight excluding hydrogens is 244 g/mol. The van der Waals surface area contributed by atoms with Crippen LogP contribution in [0.1, 0.15) is 36.7 Å². The summed E-state index contributed by atoms with van der Waals surface area (Å²) in [4.78, 5) is 16.2. The Morgan fingerprint density at radius 3 is 3.26 bits per heavy atom. The summed E-state index contributed by atoms with van der Waals surface area (Å²) in [5.74, 6) is 0.651. The summed E-state index contributed by atoms with van der Waals surface area (Å²) in [6.07, 6.45) is 5.05. The van der Waals surface area contributed by atoms with Gasteiger partial charge in [-0.15, -0.1) is 0 Å². The Hall–Kier alpha value is -1.56. The Morgan fingerprint density at radius 1 is 1.58 bits per heavy atom. The van der Waals surface area contributed by atoms with E-state index in [1.165, 1.54) is 0 Å². The first-order chi connectivity index (χ1) is 9.31. The molecule has 0 radical (unpaired) electrons. The predicted octanol–water partition coefficient (Wildman–Crippen LogP) is 1.25. The van der Waals surface area contributed by atoms with E-state index >= 15 is 0 Å². The van der Waals surface area contributed by atoms with Crippen molar-refractivity contribution in [1.82, 2.24) is 14.9 Å². The number of nitrogens with zero attached hydrogens (tertiary/aromatic N) is 2. The minimum Gasteiger partial charge on any atom is -0.380 e. The van der Waals surface area contributed by atoms with Gasteiger partial charge in [-0.1, -0.05) is 13.3 Å². The molecule has 1 amide bonds. The van der Waals surface area contributed by atoms with Gasteiger partial charge < -0.3 is 19.9 Å². The van der Waals surface area contributed by atoms with Crippen molar-refractivity contribution in [2.24, 2.45) is 0 Å². The number of nitrogens with one attached hydrogen (secondary N) is 2. The standard InChI is InChI=1S/C13H22N4O2/c1-2-3-8-19-9-6-14-12(18)11-10-17-7-4-5-15-13(17)16-11/h10H,2-9H2,1H3,(H,14,18)(H,15,16). The molecule has 2 rings (SSSR count). The van der Waals surface area contributed by atoms with Crippen LogP contribution in [0.2, 0.25) is 0 Å². The summed E-state index contributed by atoms with van der Waals surface area (Å²) < 4.78 is 7.37. The molecule has 0 unspecified atom stereocenters. The van der Waals surface area contributed by atoms with Crippen LogP contribution in [0.5, 0.6) is 0 Å². The molecule has 2 N–H and O–H groups in total. The smallest absolute Gasteiger partial charge is 0.271 e. The number of amides is 1. The van der Waals surface area contributed by atoms with E-state index in [1.807, 2.05) is 4.57 Å². The van der Waals surface area contributed by atoms with Crippen molar-refractivity contribution in [3.05, 3.63) is 11.9 Å². The fraction of sp³-hybridized carbons (Fsp3) is 0.692. The summed E-state index contributed by atoms with van der Waals surface area (Å²) in [5, 5.41) is 5.99. The average Bonchev–Trinajstić information content (AvgIpc) is 2.86. The van der Waals surface area contributed by atoms with Crippen LogP contribution >= 0.6 is 0 Å². The van der Waals surface area contributed by atoms with Gasteiger partial charge in [-0.2, -0.15) is 0 Å². The van der Waals surface area contributed by atoms with Gasteiger partial charge >= 0.3 is 0 Å². The molecule has 0 aromatic carbocycles. The fourth-order valence-electron chi connectivity index (χ4n) is 1.96. The summed E-state index contributed by atoms with van der Waals surface area (Å²) in [5.41, 5.74) is 0.470. The molecule has 0 bridgehead atoms. The van der Waals surface area contributed by atoms with Crippen molar-refractivity contribution in [3.8, 4) is 0 Å². The predicted molar refractivity (Wildman–Crippen MR) is 73.4 cm³/mol. The largest absolute Gasteiger partial charge is 0.380 e. The summed E-state index contributed by atoms with van der Waals surface area (Å²) in [6, 6.07) is 0. The Balaban J connectivity index is 1.72. The van der Waals surface area contributed by atoms with Crippen molar-refractivity contribution >= 4 is 11.9 Å². The molecule has 0 saturated heterocycles. The zero-order valence-corrected chi connectivity index (χ0v) is 11.4. The highest BCUT2D eigenvalue weighted by molar-refractivity contribution is 5.92. The molecule has 1 aromatic rings. The lowest BCUT2D eigenvalue weighted by molar-refractivity contribution is 0.0908. The highest BCUT2D eigenvalue weighted by Crippen LogP contribution is 2.13. The van der Waals surface area contributed by atoms with E-state index in [4.69, 9.17) is 4.74 Å². The number of ether oxygens (including phenoxy) is 1. The van der Waals surface area contributed by atoms with E-state index in [1.54, 1.807) is 6.20 Å². The third-order valence-electron chi connectivity index (χ3n) is 3.04. The molecule has 6 heteroatoms. The zero-order chi connectivity index (χ0) is 13.5. The van der Waals surface area contributed by atoms with Gasteiger partial charge in [-0.05, 0) is 12.8 Å². The second kappa shape index (κ2) is 7.13. The number of imidazole rings is 1. The summed E-state index contributed by atoms with van der Waals surface area (Å²) in [7, 11) is 0. The molecule has 0 spiro atoms. The first kappa shape index (κ1) is 13.9. The number of carbonyl (C=O) groups is 1. The maximum absolute atomic E-state index is 11.9. The summed E-state index contributed by atoms with van der Waals surface area (Å²) in [6.45, 7) is 5.80. The van der Waals surface area contributed by atoms with E-state index in [-0.39, 0.29) is 5.91 Å². The van der Waals surface area contributed by atoms with Gasteiger partial charge in [0, 0.05) is 32.4 Å². The van der Waals surface area contributed by atoms with Crippen molar-refractivity contribution < 1.29 is 9.53 Å². The fourth-order valence-corrected chi connectivity index (χ4v) is 1.96. The molecular formula is C13H22N4O2. The van der Waals surface area contributed by atoms with Crippen molar-refractivity contribution in [1.29, 1.82) is 0 Å². The number of hydrogen-bond acceptors (Lipinski definition) is 4. The second-order valence-corrected chi connectivity index (χ2v) is 4.65. The number of hydrogen-bond donors (Lipinski definition) is 2. The highest BCUT2D eigenvalue weighted by atomic mass is 16.5. The molecule has 1 aromatic heterocycles. The molecule has 106 valence electrons. The molecule has 0 saturated carbocycles. The minimum atomic E-state index is -0.136. The van der Waals surface area contributed by atoms with Crippen molar-refractivity contribution in [3.63, 3.8) is 0 Å². The van der Waals surface area contributed by atoms with E-state index in [0.29, 0.717) is 18.8 Å². The number of unbranched alkanes of at least 4 members (excludes halogenated alkanes) is 1. The normalized spacial score (nSPS) is 13.7. The number of carbonyl (C=O) groups excluding carboxylic acids is 1. The Kier molecular flexibility index (Phi) is 5.20. The maximum Gasteiger partial charge on any atom is 0.271 e. The number of rotatable bonds is 7. The average molecular weight is 266 g/mol. The molecule has 2 heterocycles. The van der Waals surface area contributed by atoms with Crippen molar-refractivity contribution in [2.45, 2.75) is 32.7 Å². The van der Waals surface area contributed by atoms with Crippen molar-refractivity contribution in [2.75, 3.05) is 31.6 Å². The Bertz CT molecular complexity index is 393. The monoisotopic (exact) mass is 266 g/mol. The van der Waals surface area contributed by atoms with Gasteiger partial charge in [-0.3, -0.25) is 4.79 Å². The van der Waals surface area contributed by atoms with Gasteiger partial charge in [0.25, 0.3) is 5.91 Å². The van der Waals surface area contributed by atoms with Crippen LogP contribution in [0.25, 0.3) is 0 Å². The Labute approximate surface area is 113 Å². The third-order valence-corrected chi connectivity index (χ3v) is 3.04. The topological polar surface area (TPSA) is 68.2 Å². The van der Waals surface area contributed by atoms with Crippen LogP contribution in [0.15, 0.2) is 6.20 Å². The van der Waals surface area contributed by atoms with E-state index in [2.05, 4.69) is 22.5 Å². The van der Waals surface area contributed by atoms with Crippen LogP contribution in [0.3, 0.4) is 0 Å². The SMILES string of the molecule is CCCCOCCNC(=O)c1cn2c(n1)NCCC2.